The molecule has 3 nitrogen and oxygen atoms in total. The van der Waals surface area contributed by atoms with Crippen molar-refractivity contribution < 1.29 is 0 Å². The van der Waals surface area contributed by atoms with Crippen LogP contribution in [0.5, 0.6) is 0 Å². The maximum atomic E-state index is 4.32. The Morgan fingerprint density at radius 3 is 2.60 bits per heavy atom. The van der Waals surface area contributed by atoms with E-state index in [0.717, 1.165) is 26.1 Å². The highest BCUT2D eigenvalue weighted by atomic mass is 15.1. The average Bonchev–Trinajstić information content (AvgIpc) is 2.72. The third-order valence-corrected chi connectivity index (χ3v) is 2.89. The first kappa shape index (κ1) is 12.2. The van der Waals surface area contributed by atoms with E-state index in [-0.39, 0.29) is 0 Å². The standard InChI is InChI=1S/C12H23N3/c1-4-12-13-8-11-15(12)10-7-9-14(5-2)6-3/h8,11H,4-7,9-10H2,1-3H3. The molecule has 0 radical (unpaired) electrons. The van der Waals surface area contributed by atoms with Crippen molar-refractivity contribution in [3.8, 4) is 0 Å². The summed E-state index contributed by atoms with van der Waals surface area (Å²) in [6.07, 6.45) is 6.22. The van der Waals surface area contributed by atoms with Gasteiger partial charge in [-0.3, -0.25) is 0 Å². The zero-order valence-electron chi connectivity index (χ0n) is 10.2. The summed E-state index contributed by atoms with van der Waals surface area (Å²) in [6.45, 7) is 11.2. The fourth-order valence-electron chi connectivity index (χ4n) is 1.86. The molecule has 0 atom stereocenters. The molecule has 1 aromatic heterocycles. The van der Waals surface area contributed by atoms with E-state index in [2.05, 4.69) is 41.4 Å². The number of aryl methyl sites for hydroxylation is 2. The molecule has 1 rings (SSSR count). The Hall–Kier alpha value is -0.830. The van der Waals surface area contributed by atoms with Crippen molar-refractivity contribution in [1.29, 1.82) is 0 Å². The Morgan fingerprint density at radius 2 is 2.00 bits per heavy atom. The summed E-state index contributed by atoms with van der Waals surface area (Å²) in [5.74, 6) is 1.20. The maximum Gasteiger partial charge on any atom is 0.108 e. The van der Waals surface area contributed by atoms with E-state index in [0.29, 0.717) is 0 Å². The van der Waals surface area contributed by atoms with Crippen LogP contribution in [0.4, 0.5) is 0 Å². The van der Waals surface area contributed by atoms with Crippen LogP contribution in [0.2, 0.25) is 0 Å². The van der Waals surface area contributed by atoms with Crippen LogP contribution >= 0.6 is 0 Å². The van der Waals surface area contributed by atoms with Crippen LogP contribution in [0.15, 0.2) is 12.4 Å². The lowest BCUT2D eigenvalue weighted by atomic mass is 10.3. The van der Waals surface area contributed by atoms with Crippen molar-refractivity contribution in [3.05, 3.63) is 18.2 Å². The van der Waals surface area contributed by atoms with E-state index in [1.807, 2.05) is 6.20 Å². The SMILES string of the molecule is CCc1nccn1CCCN(CC)CC. The molecule has 0 N–H and O–H groups in total. The zero-order valence-corrected chi connectivity index (χ0v) is 10.2. The summed E-state index contributed by atoms with van der Waals surface area (Å²) < 4.78 is 2.27. The van der Waals surface area contributed by atoms with Crippen LogP contribution in [0.3, 0.4) is 0 Å². The summed E-state index contributed by atoms with van der Waals surface area (Å²) >= 11 is 0. The van der Waals surface area contributed by atoms with E-state index in [1.54, 1.807) is 0 Å². The molecule has 0 fully saturated rings. The molecule has 0 amide bonds. The van der Waals surface area contributed by atoms with Crippen LogP contribution in [-0.2, 0) is 13.0 Å². The normalized spacial score (nSPS) is 11.2. The summed E-state index contributed by atoms with van der Waals surface area (Å²) in [4.78, 5) is 6.78. The molecule has 0 aliphatic carbocycles. The largest absolute Gasteiger partial charge is 0.335 e. The first-order valence-electron chi connectivity index (χ1n) is 6.04. The number of rotatable bonds is 7. The highest BCUT2D eigenvalue weighted by molar-refractivity contribution is 4.91. The zero-order chi connectivity index (χ0) is 11.1. The van der Waals surface area contributed by atoms with Gasteiger partial charge in [0, 0.05) is 25.4 Å². The lowest BCUT2D eigenvalue weighted by Crippen LogP contribution is -2.25. The Labute approximate surface area is 93.1 Å². The Balaban J connectivity index is 2.31. The molecule has 15 heavy (non-hydrogen) atoms. The Morgan fingerprint density at radius 1 is 1.27 bits per heavy atom. The monoisotopic (exact) mass is 209 g/mol. The predicted octanol–water partition coefficient (Wildman–Crippen LogP) is 2.18. The van der Waals surface area contributed by atoms with E-state index >= 15 is 0 Å². The summed E-state index contributed by atoms with van der Waals surface area (Å²) in [6, 6.07) is 0. The first-order valence-corrected chi connectivity index (χ1v) is 6.04. The molecule has 0 aliphatic rings. The van der Waals surface area contributed by atoms with Gasteiger partial charge in [-0.1, -0.05) is 20.8 Å². The average molecular weight is 209 g/mol. The van der Waals surface area contributed by atoms with E-state index < -0.39 is 0 Å². The molecule has 0 bridgehead atoms. The van der Waals surface area contributed by atoms with Crippen molar-refractivity contribution >= 4 is 0 Å². The van der Waals surface area contributed by atoms with E-state index in [9.17, 15) is 0 Å². The number of aromatic nitrogens is 2. The second kappa shape index (κ2) is 6.62. The number of hydrogen-bond acceptors (Lipinski definition) is 2. The van der Waals surface area contributed by atoms with Crippen LogP contribution in [0.1, 0.15) is 33.0 Å². The fourth-order valence-corrected chi connectivity index (χ4v) is 1.86. The topological polar surface area (TPSA) is 21.1 Å². The molecular weight excluding hydrogens is 186 g/mol. The smallest absolute Gasteiger partial charge is 0.108 e. The summed E-state index contributed by atoms with van der Waals surface area (Å²) in [7, 11) is 0. The third kappa shape index (κ3) is 3.67. The van der Waals surface area contributed by atoms with Gasteiger partial charge in [0.15, 0.2) is 0 Å². The summed E-state index contributed by atoms with van der Waals surface area (Å²) in [5, 5.41) is 0. The van der Waals surface area contributed by atoms with Crippen molar-refractivity contribution in [2.75, 3.05) is 19.6 Å². The van der Waals surface area contributed by atoms with Gasteiger partial charge in [0.2, 0.25) is 0 Å². The van der Waals surface area contributed by atoms with Gasteiger partial charge in [0.25, 0.3) is 0 Å². The van der Waals surface area contributed by atoms with Gasteiger partial charge in [-0.15, -0.1) is 0 Å². The third-order valence-electron chi connectivity index (χ3n) is 2.89. The van der Waals surface area contributed by atoms with Gasteiger partial charge >= 0.3 is 0 Å². The number of nitrogens with zero attached hydrogens (tertiary/aromatic N) is 3. The van der Waals surface area contributed by atoms with Gasteiger partial charge < -0.3 is 9.47 Å². The molecule has 3 heteroatoms. The Kier molecular flexibility index (Phi) is 5.40. The maximum absolute atomic E-state index is 4.32. The van der Waals surface area contributed by atoms with Gasteiger partial charge in [-0.25, -0.2) is 4.98 Å². The molecule has 0 aliphatic heterocycles. The molecular formula is C12H23N3. The first-order chi connectivity index (χ1) is 7.31. The van der Waals surface area contributed by atoms with E-state index in [1.165, 1.54) is 18.8 Å². The van der Waals surface area contributed by atoms with Crippen LogP contribution < -0.4 is 0 Å². The quantitative estimate of drug-likeness (QED) is 0.686. The van der Waals surface area contributed by atoms with Gasteiger partial charge in [0.05, 0.1) is 0 Å². The second-order valence-electron chi connectivity index (χ2n) is 3.77. The Bertz CT molecular complexity index is 264. The molecule has 0 saturated carbocycles. The van der Waals surface area contributed by atoms with Gasteiger partial charge in [-0.2, -0.15) is 0 Å². The molecule has 0 unspecified atom stereocenters. The molecule has 86 valence electrons. The molecule has 0 saturated heterocycles. The molecule has 1 heterocycles. The minimum Gasteiger partial charge on any atom is -0.335 e. The molecule has 1 aromatic rings. The van der Waals surface area contributed by atoms with E-state index in [4.69, 9.17) is 0 Å². The number of hydrogen-bond donors (Lipinski definition) is 0. The number of imidazole rings is 1. The van der Waals surface area contributed by atoms with Crippen LogP contribution in [0, 0.1) is 0 Å². The second-order valence-corrected chi connectivity index (χ2v) is 3.77. The predicted molar refractivity (Wildman–Crippen MR) is 64.0 cm³/mol. The molecule has 0 aromatic carbocycles. The van der Waals surface area contributed by atoms with Crippen LogP contribution in [0.25, 0.3) is 0 Å². The van der Waals surface area contributed by atoms with Gasteiger partial charge in [-0.05, 0) is 26.1 Å². The van der Waals surface area contributed by atoms with Crippen molar-refractivity contribution in [2.24, 2.45) is 0 Å². The van der Waals surface area contributed by atoms with Crippen LogP contribution in [-0.4, -0.2) is 34.1 Å². The van der Waals surface area contributed by atoms with Crippen molar-refractivity contribution in [2.45, 2.75) is 40.2 Å². The van der Waals surface area contributed by atoms with Crippen molar-refractivity contribution in [1.82, 2.24) is 14.5 Å². The highest BCUT2D eigenvalue weighted by Crippen LogP contribution is 2.01. The van der Waals surface area contributed by atoms with Gasteiger partial charge in [0.1, 0.15) is 5.82 Å². The molecule has 0 spiro atoms. The lowest BCUT2D eigenvalue weighted by molar-refractivity contribution is 0.292. The lowest BCUT2D eigenvalue weighted by Gasteiger charge is -2.18. The van der Waals surface area contributed by atoms with Crippen molar-refractivity contribution in [3.63, 3.8) is 0 Å². The minimum absolute atomic E-state index is 1.03. The minimum atomic E-state index is 1.03. The summed E-state index contributed by atoms with van der Waals surface area (Å²) in [5.41, 5.74) is 0. The highest BCUT2D eigenvalue weighted by Gasteiger charge is 2.01. The fraction of sp³-hybridized carbons (Fsp3) is 0.750.